The molecule has 5 heteroatoms. The lowest BCUT2D eigenvalue weighted by Gasteiger charge is -1.99. The van der Waals surface area contributed by atoms with Gasteiger partial charge in [0.2, 0.25) is 5.95 Å². The first kappa shape index (κ1) is 9.23. The van der Waals surface area contributed by atoms with Gasteiger partial charge in [-0.05, 0) is 29.1 Å². The van der Waals surface area contributed by atoms with E-state index in [4.69, 9.17) is 5.73 Å². The zero-order valence-electron chi connectivity index (χ0n) is 8.29. The molecule has 0 atom stereocenters. The second-order valence-corrected chi connectivity index (χ2v) is 4.15. The highest BCUT2D eigenvalue weighted by Crippen LogP contribution is 2.25. The standard InChI is InChI=1S/C11H8N4S/c12-11-14-10(16-15-11)8-1-2-9-6-13-4-3-7(9)5-8/h1-6H,(H2,12,15). The van der Waals surface area contributed by atoms with Crippen LogP contribution in [0.15, 0.2) is 36.7 Å². The maximum atomic E-state index is 5.51. The molecule has 16 heavy (non-hydrogen) atoms. The van der Waals surface area contributed by atoms with Crippen LogP contribution in [-0.2, 0) is 0 Å². The minimum atomic E-state index is 0.329. The Hall–Kier alpha value is -2.01. The van der Waals surface area contributed by atoms with Crippen molar-refractivity contribution in [2.24, 2.45) is 0 Å². The smallest absolute Gasteiger partial charge is 0.232 e. The summed E-state index contributed by atoms with van der Waals surface area (Å²) in [5.41, 5.74) is 6.54. The van der Waals surface area contributed by atoms with Crippen LogP contribution in [0.1, 0.15) is 0 Å². The fourth-order valence-electron chi connectivity index (χ4n) is 1.57. The summed E-state index contributed by atoms with van der Waals surface area (Å²) in [6.07, 6.45) is 3.62. The highest BCUT2D eigenvalue weighted by atomic mass is 32.1. The number of anilines is 1. The van der Waals surface area contributed by atoms with E-state index in [0.29, 0.717) is 5.95 Å². The third-order valence-corrected chi connectivity index (χ3v) is 3.11. The summed E-state index contributed by atoms with van der Waals surface area (Å²) >= 11 is 1.31. The zero-order chi connectivity index (χ0) is 11.0. The first-order chi connectivity index (χ1) is 7.83. The quantitative estimate of drug-likeness (QED) is 0.694. The van der Waals surface area contributed by atoms with Gasteiger partial charge in [0.15, 0.2) is 0 Å². The molecule has 0 aliphatic carbocycles. The number of fused-ring (bicyclic) bond motifs is 1. The van der Waals surface area contributed by atoms with Gasteiger partial charge in [-0.15, -0.1) is 0 Å². The molecular weight excluding hydrogens is 220 g/mol. The Balaban J connectivity index is 2.18. The molecule has 3 aromatic rings. The van der Waals surface area contributed by atoms with Gasteiger partial charge >= 0.3 is 0 Å². The van der Waals surface area contributed by atoms with Crippen LogP contribution in [0.5, 0.6) is 0 Å². The van der Waals surface area contributed by atoms with E-state index in [1.165, 1.54) is 11.5 Å². The van der Waals surface area contributed by atoms with Crippen molar-refractivity contribution >= 4 is 28.3 Å². The van der Waals surface area contributed by atoms with Crippen molar-refractivity contribution in [1.29, 1.82) is 0 Å². The molecule has 1 aromatic carbocycles. The molecule has 2 heterocycles. The van der Waals surface area contributed by atoms with Crippen molar-refractivity contribution in [1.82, 2.24) is 14.3 Å². The van der Waals surface area contributed by atoms with E-state index in [0.717, 1.165) is 21.3 Å². The van der Waals surface area contributed by atoms with Gasteiger partial charge in [0.1, 0.15) is 5.01 Å². The Morgan fingerprint density at radius 2 is 2.06 bits per heavy atom. The van der Waals surface area contributed by atoms with Crippen molar-refractivity contribution in [3.63, 3.8) is 0 Å². The van der Waals surface area contributed by atoms with Crippen molar-refractivity contribution in [3.05, 3.63) is 36.7 Å². The fourth-order valence-corrected chi connectivity index (χ4v) is 2.16. The highest BCUT2D eigenvalue weighted by molar-refractivity contribution is 7.09. The number of nitrogens with zero attached hydrogens (tertiary/aromatic N) is 3. The maximum absolute atomic E-state index is 5.51. The number of hydrogen-bond donors (Lipinski definition) is 1. The van der Waals surface area contributed by atoms with E-state index in [9.17, 15) is 0 Å². The van der Waals surface area contributed by atoms with E-state index in [-0.39, 0.29) is 0 Å². The summed E-state index contributed by atoms with van der Waals surface area (Å²) in [6.45, 7) is 0. The number of nitrogens with two attached hydrogens (primary N) is 1. The Morgan fingerprint density at radius 3 is 2.88 bits per heavy atom. The number of benzene rings is 1. The van der Waals surface area contributed by atoms with Crippen molar-refractivity contribution in [3.8, 4) is 10.6 Å². The number of rotatable bonds is 1. The fraction of sp³-hybridized carbons (Fsp3) is 0. The molecular formula is C11H8N4S. The van der Waals surface area contributed by atoms with Gasteiger partial charge in [-0.25, -0.2) is 0 Å². The molecule has 78 valence electrons. The topological polar surface area (TPSA) is 64.7 Å². The van der Waals surface area contributed by atoms with Gasteiger partial charge < -0.3 is 5.73 Å². The van der Waals surface area contributed by atoms with Gasteiger partial charge in [-0.2, -0.15) is 9.36 Å². The third kappa shape index (κ3) is 1.51. The minimum absolute atomic E-state index is 0.329. The van der Waals surface area contributed by atoms with E-state index >= 15 is 0 Å². The minimum Gasteiger partial charge on any atom is -0.367 e. The molecule has 0 aliphatic rings. The lowest BCUT2D eigenvalue weighted by molar-refractivity contribution is 1.34. The molecule has 0 saturated carbocycles. The molecule has 0 unspecified atom stereocenters. The molecule has 0 amide bonds. The molecule has 0 spiro atoms. The summed E-state index contributed by atoms with van der Waals surface area (Å²) < 4.78 is 3.97. The van der Waals surface area contributed by atoms with Crippen LogP contribution in [0.2, 0.25) is 0 Å². The number of nitrogen functional groups attached to an aromatic ring is 1. The van der Waals surface area contributed by atoms with Crippen LogP contribution in [0.4, 0.5) is 5.95 Å². The van der Waals surface area contributed by atoms with Crippen molar-refractivity contribution in [2.45, 2.75) is 0 Å². The van der Waals surface area contributed by atoms with Crippen molar-refractivity contribution in [2.75, 3.05) is 5.73 Å². The van der Waals surface area contributed by atoms with E-state index in [1.54, 1.807) is 6.20 Å². The van der Waals surface area contributed by atoms with Crippen LogP contribution in [0.25, 0.3) is 21.3 Å². The number of pyridine rings is 1. The number of hydrogen-bond acceptors (Lipinski definition) is 5. The van der Waals surface area contributed by atoms with Crippen LogP contribution in [-0.4, -0.2) is 14.3 Å². The predicted molar refractivity (Wildman–Crippen MR) is 65.1 cm³/mol. The third-order valence-electron chi connectivity index (χ3n) is 2.33. The second kappa shape index (κ2) is 3.53. The van der Waals surface area contributed by atoms with E-state index < -0.39 is 0 Å². The van der Waals surface area contributed by atoms with Crippen LogP contribution < -0.4 is 5.73 Å². The molecule has 0 fully saturated rings. The van der Waals surface area contributed by atoms with Gasteiger partial charge in [0.05, 0.1) is 0 Å². The molecule has 3 rings (SSSR count). The summed E-state index contributed by atoms with van der Waals surface area (Å²) in [5, 5.41) is 3.10. The van der Waals surface area contributed by atoms with Crippen molar-refractivity contribution < 1.29 is 0 Å². The Bertz CT molecular complexity index is 647. The monoisotopic (exact) mass is 228 g/mol. The normalized spacial score (nSPS) is 10.8. The SMILES string of the molecule is Nc1nsc(-c2ccc3cnccc3c2)n1. The van der Waals surface area contributed by atoms with Gasteiger partial charge in [-0.3, -0.25) is 4.98 Å². The largest absolute Gasteiger partial charge is 0.367 e. The van der Waals surface area contributed by atoms with Crippen LogP contribution >= 0.6 is 11.5 Å². The molecule has 2 aromatic heterocycles. The molecule has 0 bridgehead atoms. The van der Waals surface area contributed by atoms with Crippen LogP contribution in [0.3, 0.4) is 0 Å². The van der Waals surface area contributed by atoms with Gasteiger partial charge in [0.25, 0.3) is 0 Å². The Kier molecular flexibility index (Phi) is 2.04. The molecule has 2 N–H and O–H groups in total. The first-order valence-corrected chi connectivity index (χ1v) is 5.53. The molecule has 0 saturated heterocycles. The number of aromatic nitrogens is 3. The van der Waals surface area contributed by atoms with Gasteiger partial charge in [-0.1, -0.05) is 12.1 Å². The Morgan fingerprint density at radius 1 is 1.12 bits per heavy atom. The molecule has 4 nitrogen and oxygen atoms in total. The average Bonchev–Trinajstić information content (AvgIpc) is 2.75. The lowest BCUT2D eigenvalue weighted by Crippen LogP contribution is -1.85. The maximum Gasteiger partial charge on any atom is 0.232 e. The summed E-state index contributed by atoms with van der Waals surface area (Å²) in [7, 11) is 0. The molecule has 0 aliphatic heterocycles. The molecule has 0 radical (unpaired) electrons. The van der Waals surface area contributed by atoms with E-state index in [2.05, 4.69) is 20.4 Å². The summed E-state index contributed by atoms with van der Waals surface area (Å²) in [5.74, 6) is 0.329. The summed E-state index contributed by atoms with van der Waals surface area (Å²) in [6, 6.07) is 8.07. The highest BCUT2D eigenvalue weighted by Gasteiger charge is 2.04. The summed E-state index contributed by atoms with van der Waals surface area (Å²) in [4.78, 5) is 8.23. The van der Waals surface area contributed by atoms with E-state index in [1.807, 2.05) is 24.4 Å². The first-order valence-electron chi connectivity index (χ1n) is 4.76. The Labute approximate surface area is 96.0 Å². The lowest BCUT2D eigenvalue weighted by atomic mass is 10.1. The predicted octanol–water partition coefficient (Wildman–Crippen LogP) is 2.34. The zero-order valence-corrected chi connectivity index (χ0v) is 9.11. The van der Waals surface area contributed by atoms with Gasteiger partial charge in [0, 0.05) is 23.3 Å². The van der Waals surface area contributed by atoms with Crippen LogP contribution in [0, 0.1) is 0 Å². The second-order valence-electron chi connectivity index (χ2n) is 3.40. The average molecular weight is 228 g/mol.